The average molecular weight is 218 g/mol. The summed E-state index contributed by atoms with van der Waals surface area (Å²) in [5, 5.41) is 11.8. The van der Waals surface area contributed by atoms with Crippen molar-refractivity contribution in [3.05, 3.63) is 46.8 Å². The molecule has 1 aromatic carbocycles. The molecule has 0 aliphatic rings. The minimum Gasteiger partial charge on any atom is -0.309 e. The molecule has 84 valence electrons. The second kappa shape index (κ2) is 6.04. The summed E-state index contributed by atoms with van der Waals surface area (Å²) in [5.74, 6) is -0.274. The molecule has 16 heavy (non-hydrogen) atoms. The fourth-order valence-corrected chi connectivity index (χ4v) is 1.26. The zero-order chi connectivity index (χ0) is 12.0. The van der Waals surface area contributed by atoms with Crippen molar-refractivity contribution in [1.29, 1.82) is 5.26 Å². The Morgan fingerprint density at radius 2 is 2.25 bits per heavy atom. The molecule has 1 aromatic rings. The highest BCUT2D eigenvalue weighted by Gasteiger charge is 2.02. The summed E-state index contributed by atoms with van der Waals surface area (Å²) in [5.41, 5.74) is 2.24. The smallest absolute Gasteiger partial charge is 0.127 e. The molecule has 1 N–H and O–H groups in total. The fourth-order valence-electron chi connectivity index (χ4n) is 1.26. The lowest BCUT2D eigenvalue weighted by atomic mass is 10.1. The molecule has 0 aliphatic carbocycles. The number of nitrogens with zero attached hydrogens (tertiary/aromatic N) is 1. The Morgan fingerprint density at radius 1 is 1.50 bits per heavy atom. The molecule has 0 unspecified atom stereocenters. The summed E-state index contributed by atoms with van der Waals surface area (Å²) >= 11 is 0. The van der Waals surface area contributed by atoms with Gasteiger partial charge < -0.3 is 5.32 Å². The van der Waals surface area contributed by atoms with Crippen LogP contribution >= 0.6 is 0 Å². The van der Waals surface area contributed by atoms with Gasteiger partial charge >= 0.3 is 0 Å². The van der Waals surface area contributed by atoms with Crippen LogP contribution in [0.4, 0.5) is 4.39 Å². The van der Waals surface area contributed by atoms with Crippen LogP contribution in [0.5, 0.6) is 0 Å². The third kappa shape index (κ3) is 3.84. The van der Waals surface area contributed by atoms with Crippen molar-refractivity contribution in [1.82, 2.24) is 5.32 Å². The zero-order valence-corrected chi connectivity index (χ0v) is 9.55. The number of halogens is 1. The Kier molecular flexibility index (Phi) is 4.68. The monoisotopic (exact) mass is 218 g/mol. The largest absolute Gasteiger partial charge is 0.309 e. The summed E-state index contributed by atoms with van der Waals surface area (Å²) in [6, 6.07) is 6.38. The fraction of sp³-hybridized carbons (Fsp3) is 0.308. The maximum absolute atomic E-state index is 13.3. The third-order valence-corrected chi connectivity index (χ3v) is 2.14. The Labute approximate surface area is 95.4 Å². The van der Waals surface area contributed by atoms with E-state index < -0.39 is 0 Å². The van der Waals surface area contributed by atoms with Crippen molar-refractivity contribution in [2.45, 2.75) is 20.4 Å². The molecule has 0 saturated carbocycles. The summed E-state index contributed by atoms with van der Waals surface area (Å²) in [6.45, 7) is 5.17. The van der Waals surface area contributed by atoms with E-state index in [4.69, 9.17) is 5.26 Å². The Bertz CT molecular complexity index is 426. The van der Waals surface area contributed by atoms with E-state index in [2.05, 4.69) is 5.32 Å². The van der Waals surface area contributed by atoms with Crippen LogP contribution in [0.2, 0.25) is 0 Å². The second-order valence-corrected chi connectivity index (χ2v) is 3.83. The number of allylic oxidation sites excluding steroid dienone is 1. The molecule has 1 rings (SSSR count). The molecule has 0 spiro atoms. The molecule has 0 atom stereocenters. The maximum Gasteiger partial charge on any atom is 0.127 e. The van der Waals surface area contributed by atoms with Crippen molar-refractivity contribution >= 4 is 0 Å². The van der Waals surface area contributed by atoms with Gasteiger partial charge in [-0.25, -0.2) is 4.39 Å². The topological polar surface area (TPSA) is 35.8 Å². The van der Waals surface area contributed by atoms with Crippen LogP contribution in [0, 0.1) is 17.1 Å². The lowest BCUT2D eigenvalue weighted by Gasteiger charge is -2.04. The quantitative estimate of drug-likeness (QED) is 0.623. The van der Waals surface area contributed by atoms with E-state index in [0.717, 1.165) is 0 Å². The van der Waals surface area contributed by atoms with Gasteiger partial charge in [0.05, 0.1) is 11.6 Å². The number of nitriles is 1. The predicted octanol–water partition coefficient (Wildman–Crippen LogP) is 2.75. The van der Waals surface area contributed by atoms with Gasteiger partial charge in [-0.1, -0.05) is 11.6 Å². The van der Waals surface area contributed by atoms with Crippen molar-refractivity contribution in [3.8, 4) is 6.07 Å². The van der Waals surface area contributed by atoms with E-state index in [-0.39, 0.29) is 5.82 Å². The van der Waals surface area contributed by atoms with Gasteiger partial charge in [-0.05, 0) is 32.0 Å². The van der Waals surface area contributed by atoms with Crippen molar-refractivity contribution < 1.29 is 4.39 Å². The van der Waals surface area contributed by atoms with Gasteiger partial charge in [0.15, 0.2) is 0 Å². The summed E-state index contributed by atoms with van der Waals surface area (Å²) < 4.78 is 13.3. The molecule has 0 heterocycles. The van der Waals surface area contributed by atoms with Crippen LogP contribution in [0.15, 0.2) is 29.8 Å². The first-order valence-electron chi connectivity index (χ1n) is 5.16. The Balaban J connectivity index is 2.60. The first-order valence-corrected chi connectivity index (χ1v) is 5.16. The normalized spacial score (nSPS) is 9.62. The molecule has 2 nitrogen and oxygen atoms in total. The molecule has 0 fully saturated rings. The molecule has 0 amide bonds. The molecular weight excluding hydrogens is 203 g/mol. The average Bonchev–Trinajstić information content (AvgIpc) is 2.26. The number of hydrogen-bond acceptors (Lipinski definition) is 2. The SMILES string of the molecule is CC(C)=CCNCc1cc(C#N)ccc1F. The third-order valence-electron chi connectivity index (χ3n) is 2.14. The van der Waals surface area contributed by atoms with E-state index in [0.29, 0.717) is 24.2 Å². The van der Waals surface area contributed by atoms with Gasteiger partial charge in [0, 0.05) is 18.7 Å². The molecule has 0 aliphatic heterocycles. The van der Waals surface area contributed by atoms with Crippen molar-refractivity contribution in [2.75, 3.05) is 6.54 Å². The van der Waals surface area contributed by atoms with E-state index in [1.54, 1.807) is 6.07 Å². The first-order chi connectivity index (χ1) is 7.63. The summed E-state index contributed by atoms with van der Waals surface area (Å²) in [6.07, 6.45) is 2.03. The summed E-state index contributed by atoms with van der Waals surface area (Å²) in [7, 11) is 0. The van der Waals surface area contributed by atoms with Crippen LogP contribution in [-0.4, -0.2) is 6.54 Å². The number of nitrogens with one attached hydrogen (secondary N) is 1. The number of rotatable bonds is 4. The van der Waals surface area contributed by atoms with Gasteiger partial charge in [-0.3, -0.25) is 0 Å². The minimum absolute atomic E-state index is 0.274. The van der Waals surface area contributed by atoms with E-state index in [1.807, 2.05) is 26.0 Å². The van der Waals surface area contributed by atoms with Gasteiger partial charge in [0.25, 0.3) is 0 Å². The van der Waals surface area contributed by atoms with E-state index in [9.17, 15) is 4.39 Å². The van der Waals surface area contributed by atoms with Crippen LogP contribution in [0.25, 0.3) is 0 Å². The van der Waals surface area contributed by atoms with Crippen molar-refractivity contribution in [3.63, 3.8) is 0 Å². The lowest BCUT2D eigenvalue weighted by Crippen LogP contribution is -2.14. The predicted molar refractivity (Wildman–Crippen MR) is 62.3 cm³/mol. The maximum atomic E-state index is 13.3. The summed E-state index contributed by atoms with van der Waals surface area (Å²) in [4.78, 5) is 0. The standard InChI is InChI=1S/C13H15FN2/c1-10(2)5-6-16-9-12-7-11(8-15)3-4-13(12)14/h3-5,7,16H,6,9H2,1-2H3. The molecular formula is C13H15FN2. The highest BCUT2D eigenvalue weighted by Crippen LogP contribution is 2.09. The first kappa shape index (κ1) is 12.4. The van der Waals surface area contributed by atoms with Gasteiger partial charge in [-0.2, -0.15) is 5.26 Å². The Hall–Kier alpha value is -1.66. The molecule has 0 aromatic heterocycles. The van der Waals surface area contributed by atoms with Crippen LogP contribution < -0.4 is 5.32 Å². The zero-order valence-electron chi connectivity index (χ0n) is 9.55. The van der Waals surface area contributed by atoms with E-state index >= 15 is 0 Å². The van der Waals surface area contributed by atoms with E-state index in [1.165, 1.54) is 17.7 Å². The van der Waals surface area contributed by atoms with Gasteiger partial charge in [0.2, 0.25) is 0 Å². The van der Waals surface area contributed by atoms with Gasteiger partial charge in [0.1, 0.15) is 5.82 Å². The number of benzene rings is 1. The van der Waals surface area contributed by atoms with Gasteiger partial charge in [-0.15, -0.1) is 0 Å². The highest BCUT2D eigenvalue weighted by atomic mass is 19.1. The van der Waals surface area contributed by atoms with Crippen LogP contribution in [0.1, 0.15) is 25.0 Å². The van der Waals surface area contributed by atoms with Crippen molar-refractivity contribution in [2.24, 2.45) is 0 Å². The highest BCUT2D eigenvalue weighted by molar-refractivity contribution is 5.33. The molecule has 3 heteroatoms. The number of hydrogen-bond donors (Lipinski definition) is 1. The second-order valence-electron chi connectivity index (χ2n) is 3.83. The minimum atomic E-state index is -0.274. The molecule has 0 bridgehead atoms. The molecule has 0 saturated heterocycles. The molecule has 0 radical (unpaired) electrons. The van der Waals surface area contributed by atoms with Crippen LogP contribution in [0.3, 0.4) is 0 Å². The Morgan fingerprint density at radius 3 is 2.88 bits per heavy atom. The van der Waals surface area contributed by atoms with Crippen LogP contribution in [-0.2, 0) is 6.54 Å². The lowest BCUT2D eigenvalue weighted by molar-refractivity contribution is 0.596.